The molecule has 5 atom stereocenters. The molecule has 0 N–H and O–H groups in total. The minimum atomic E-state index is -4.53. The van der Waals surface area contributed by atoms with E-state index in [0.717, 1.165) is 33.3 Å². The number of ether oxygens (including phenoxy) is 5. The summed E-state index contributed by atoms with van der Waals surface area (Å²) in [6.45, 7) is 8.75. The van der Waals surface area contributed by atoms with E-state index in [1.165, 1.54) is 0 Å². The molecule has 1 saturated heterocycles. The first-order valence-corrected chi connectivity index (χ1v) is 12.3. The second kappa shape index (κ2) is 11.8. The maximum atomic E-state index is 13.3. The van der Waals surface area contributed by atoms with E-state index in [2.05, 4.69) is 0 Å². The number of benzene rings is 1. The fourth-order valence-corrected chi connectivity index (χ4v) is 5.41. The topological polar surface area (TPSA) is 158 Å². The van der Waals surface area contributed by atoms with Gasteiger partial charge < -0.3 is 23.7 Å². The number of esters is 4. The quantitative estimate of drug-likeness (QED) is 0.271. The molecule has 1 aromatic rings. The molecule has 0 bridgehead atoms. The minimum absolute atomic E-state index is 0.124. The van der Waals surface area contributed by atoms with Gasteiger partial charge in [-0.15, -0.1) is 0 Å². The summed E-state index contributed by atoms with van der Waals surface area (Å²) in [7, 11) is -4.53. The first-order chi connectivity index (χ1) is 16.6. The van der Waals surface area contributed by atoms with Crippen molar-refractivity contribution in [2.75, 3.05) is 6.61 Å². The number of rotatable bonds is 8. The molecule has 0 saturated carbocycles. The van der Waals surface area contributed by atoms with Crippen molar-refractivity contribution in [3.8, 4) is 0 Å². The van der Waals surface area contributed by atoms with E-state index in [9.17, 15) is 27.6 Å². The lowest BCUT2D eigenvalue weighted by Crippen LogP contribution is -2.63. The summed E-state index contributed by atoms with van der Waals surface area (Å²) in [5.74, 6) is -3.25. The molecular weight excluding hydrogens is 500 g/mol. The van der Waals surface area contributed by atoms with Crippen molar-refractivity contribution in [3.63, 3.8) is 0 Å². The molecule has 13 heteroatoms. The van der Waals surface area contributed by atoms with Crippen LogP contribution in [0.15, 0.2) is 17.0 Å². The van der Waals surface area contributed by atoms with E-state index in [-0.39, 0.29) is 4.90 Å². The monoisotopic (exact) mass is 530 g/mol. The van der Waals surface area contributed by atoms with Crippen molar-refractivity contribution in [3.05, 3.63) is 28.8 Å². The molecule has 1 heterocycles. The van der Waals surface area contributed by atoms with Gasteiger partial charge in [0.05, 0.1) is 0 Å². The summed E-state index contributed by atoms with van der Waals surface area (Å²) in [5.41, 5.74) is 1.63. The second-order valence-corrected chi connectivity index (χ2v) is 9.85. The molecule has 1 aromatic carbocycles. The normalized spacial score (nSPS) is 23.9. The van der Waals surface area contributed by atoms with Crippen molar-refractivity contribution in [2.45, 2.75) is 84.1 Å². The van der Waals surface area contributed by atoms with Crippen molar-refractivity contribution >= 4 is 34.0 Å². The van der Waals surface area contributed by atoms with Gasteiger partial charge in [-0.3, -0.25) is 19.2 Å². The third-order valence-electron chi connectivity index (χ3n) is 5.02. The summed E-state index contributed by atoms with van der Waals surface area (Å²) >= 11 is 0. The second-order valence-electron chi connectivity index (χ2n) is 8.35. The molecule has 12 nitrogen and oxygen atoms in total. The molecule has 0 spiro atoms. The zero-order chi connectivity index (χ0) is 27.4. The molecule has 0 aliphatic carbocycles. The smallest absolute Gasteiger partial charge is 0.303 e. The van der Waals surface area contributed by atoms with Crippen LogP contribution in [0.1, 0.15) is 44.4 Å². The Labute approximate surface area is 209 Å². The Balaban J connectivity index is 2.58. The highest BCUT2D eigenvalue weighted by molar-refractivity contribution is 7.86. The van der Waals surface area contributed by atoms with E-state index in [1.807, 2.05) is 0 Å². The van der Waals surface area contributed by atoms with Crippen molar-refractivity contribution < 1.29 is 55.5 Å². The van der Waals surface area contributed by atoms with Crippen LogP contribution in [-0.2, 0) is 57.2 Å². The van der Waals surface area contributed by atoms with Crippen LogP contribution in [-0.4, -0.2) is 69.6 Å². The highest BCUT2D eigenvalue weighted by Crippen LogP contribution is 2.33. The fourth-order valence-electron chi connectivity index (χ4n) is 4.00. The Morgan fingerprint density at radius 3 is 1.72 bits per heavy atom. The van der Waals surface area contributed by atoms with Gasteiger partial charge in [-0.1, -0.05) is 17.7 Å². The molecule has 1 fully saturated rings. The molecule has 0 amide bonds. The largest absolute Gasteiger partial charge is 0.463 e. The third kappa shape index (κ3) is 7.48. The molecule has 2 rings (SSSR count). The molecular formula is C23H30O12S. The van der Waals surface area contributed by atoms with E-state index in [4.69, 9.17) is 27.9 Å². The van der Waals surface area contributed by atoms with Gasteiger partial charge in [-0.25, -0.2) is 4.18 Å². The lowest BCUT2D eigenvalue weighted by Gasteiger charge is -2.43. The lowest BCUT2D eigenvalue weighted by molar-refractivity contribution is -0.287. The van der Waals surface area contributed by atoms with Gasteiger partial charge in [0.25, 0.3) is 10.1 Å². The standard InChI is InChI=1S/C23H30O12S/c1-11-8-12(2)22(13(3)9-11)36(28,29)35-23-21(33-17(7)27)20(32-16(6)26)19(31-15(5)25)18(34-23)10-30-14(4)24/h8-9,18-21,23H,10H2,1-7H3/t18-,19-,20+,21-,23-/m1/s1. The van der Waals surface area contributed by atoms with Crippen LogP contribution in [0, 0.1) is 20.8 Å². The predicted molar refractivity (Wildman–Crippen MR) is 121 cm³/mol. The Morgan fingerprint density at radius 1 is 0.778 bits per heavy atom. The molecule has 200 valence electrons. The SMILES string of the molecule is CC(=O)OC[C@H]1O[C@H](OS(=O)(=O)c2c(C)cc(C)cc2C)[C@H](OC(C)=O)[C@@H](OC(C)=O)[C@@H]1OC(C)=O. The van der Waals surface area contributed by atoms with Crippen LogP contribution in [0.5, 0.6) is 0 Å². The van der Waals surface area contributed by atoms with Crippen molar-refractivity contribution in [1.82, 2.24) is 0 Å². The van der Waals surface area contributed by atoms with Gasteiger partial charge in [0.1, 0.15) is 17.6 Å². The molecule has 1 aliphatic heterocycles. The van der Waals surface area contributed by atoms with Crippen molar-refractivity contribution in [2.24, 2.45) is 0 Å². The summed E-state index contributed by atoms with van der Waals surface area (Å²) in [4.78, 5) is 46.9. The number of hydrogen-bond donors (Lipinski definition) is 0. The Kier molecular flexibility index (Phi) is 9.57. The van der Waals surface area contributed by atoms with Gasteiger partial charge >= 0.3 is 23.9 Å². The maximum absolute atomic E-state index is 13.3. The number of carbonyl (C=O) groups excluding carboxylic acids is 4. The van der Waals surface area contributed by atoms with Crippen LogP contribution in [0.25, 0.3) is 0 Å². The molecule has 36 heavy (non-hydrogen) atoms. The molecule has 0 unspecified atom stereocenters. The van der Waals surface area contributed by atoms with E-state index < -0.39 is 71.3 Å². The summed E-state index contributed by atoms with van der Waals surface area (Å²) in [6, 6.07) is 3.30. The zero-order valence-electron chi connectivity index (χ0n) is 21.1. The van der Waals surface area contributed by atoms with Gasteiger partial charge in [0.15, 0.2) is 18.3 Å². The minimum Gasteiger partial charge on any atom is -0.463 e. The third-order valence-corrected chi connectivity index (χ3v) is 6.61. The predicted octanol–water partition coefficient (Wildman–Crippen LogP) is 1.40. The van der Waals surface area contributed by atoms with Crippen LogP contribution in [0.2, 0.25) is 0 Å². The number of carbonyl (C=O) groups is 4. The number of hydrogen-bond acceptors (Lipinski definition) is 12. The summed E-state index contributed by atoms with van der Waals surface area (Å²) in [6.07, 6.45) is -7.83. The van der Waals surface area contributed by atoms with Crippen LogP contribution in [0.3, 0.4) is 0 Å². The Morgan fingerprint density at radius 2 is 1.25 bits per heavy atom. The molecule has 0 radical (unpaired) electrons. The maximum Gasteiger partial charge on any atom is 0.303 e. The highest BCUT2D eigenvalue weighted by Gasteiger charge is 2.54. The van der Waals surface area contributed by atoms with Gasteiger partial charge in [-0.2, -0.15) is 8.42 Å². The van der Waals surface area contributed by atoms with Gasteiger partial charge in [-0.05, 0) is 31.9 Å². The zero-order valence-corrected chi connectivity index (χ0v) is 21.9. The van der Waals surface area contributed by atoms with Gasteiger partial charge in [0, 0.05) is 27.7 Å². The Hall–Kier alpha value is -3.03. The average Bonchev–Trinajstić information content (AvgIpc) is 2.68. The first kappa shape index (κ1) is 29.2. The van der Waals surface area contributed by atoms with Gasteiger partial charge in [0.2, 0.25) is 6.29 Å². The van der Waals surface area contributed by atoms with E-state index in [1.54, 1.807) is 32.9 Å². The van der Waals surface area contributed by atoms with Crippen LogP contribution in [0.4, 0.5) is 0 Å². The number of aryl methyl sites for hydroxylation is 3. The Bertz CT molecular complexity index is 1100. The van der Waals surface area contributed by atoms with Crippen LogP contribution >= 0.6 is 0 Å². The summed E-state index contributed by atoms with van der Waals surface area (Å²) < 4.78 is 58.5. The van der Waals surface area contributed by atoms with E-state index in [0.29, 0.717) is 11.1 Å². The fraction of sp³-hybridized carbons (Fsp3) is 0.565. The molecule has 1 aliphatic rings. The molecule has 0 aromatic heterocycles. The lowest BCUT2D eigenvalue weighted by atomic mass is 9.98. The van der Waals surface area contributed by atoms with Crippen LogP contribution < -0.4 is 0 Å². The summed E-state index contributed by atoms with van der Waals surface area (Å²) in [5, 5.41) is 0. The van der Waals surface area contributed by atoms with Crippen molar-refractivity contribution in [1.29, 1.82) is 0 Å². The van der Waals surface area contributed by atoms with E-state index >= 15 is 0 Å². The highest BCUT2D eigenvalue weighted by atomic mass is 32.2. The average molecular weight is 531 g/mol. The first-order valence-electron chi connectivity index (χ1n) is 10.9.